The highest BCUT2D eigenvalue weighted by molar-refractivity contribution is 6.70. The van der Waals surface area contributed by atoms with Crippen LogP contribution >= 0.6 is 0 Å². The molecule has 0 saturated heterocycles. The van der Waals surface area contributed by atoms with Crippen molar-refractivity contribution in [2.24, 2.45) is 10.2 Å². The van der Waals surface area contributed by atoms with Gasteiger partial charge in [0.1, 0.15) is 5.75 Å². The molecule has 1 aliphatic heterocycles. The number of hydrogen-bond acceptors (Lipinski definition) is 7. The molecule has 0 fully saturated rings. The Labute approximate surface area is 202 Å². The van der Waals surface area contributed by atoms with Gasteiger partial charge in [-0.2, -0.15) is 10.1 Å². The van der Waals surface area contributed by atoms with Crippen LogP contribution in [0.15, 0.2) is 70.9 Å². The van der Waals surface area contributed by atoms with Crippen molar-refractivity contribution >= 4 is 34.9 Å². The molecule has 1 aliphatic rings. The predicted octanol–water partition coefficient (Wildman–Crippen LogP) is 4.54. The second-order valence-corrected chi connectivity index (χ2v) is 7.88. The number of aromatic carboxylic acids is 1. The molecule has 35 heavy (non-hydrogen) atoms. The van der Waals surface area contributed by atoms with Crippen LogP contribution in [0.4, 0.5) is 11.4 Å². The summed E-state index contributed by atoms with van der Waals surface area (Å²) in [6, 6.07) is 16.7. The van der Waals surface area contributed by atoms with Gasteiger partial charge in [-0.05, 0) is 67.8 Å². The highest BCUT2D eigenvalue weighted by Crippen LogP contribution is 2.36. The van der Waals surface area contributed by atoms with E-state index in [4.69, 9.17) is 4.74 Å². The number of phenolic OH excluding ortho intramolecular Hbond substituents is 1. The molecule has 0 unspecified atom stereocenters. The Hall–Kier alpha value is -4.66. The fourth-order valence-electron chi connectivity index (χ4n) is 3.54. The number of rotatable bonds is 6. The zero-order chi connectivity index (χ0) is 25.1. The first-order chi connectivity index (χ1) is 16.8. The molecule has 1 heterocycles. The summed E-state index contributed by atoms with van der Waals surface area (Å²) in [6.45, 7) is 5.99. The number of carboxylic acids is 1. The van der Waals surface area contributed by atoms with Crippen LogP contribution in [0, 0.1) is 13.8 Å². The third kappa shape index (κ3) is 4.70. The van der Waals surface area contributed by atoms with Crippen LogP contribution in [-0.4, -0.2) is 40.3 Å². The van der Waals surface area contributed by atoms with Crippen molar-refractivity contribution in [2.45, 2.75) is 20.8 Å². The van der Waals surface area contributed by atoms with E-state index >= 15 is 0 Å². The van der Waals surface area contributed by atoms with Crippen LogP contribution in [0.5, 0.6) is 5.75 Å². The number of amides is 1. The van der Waals surface area contributed by atoms with Gasteiger partial charge in [-0.25, -0.2) is 4.79 Å². The average molecular weight is 473 g/mol. The standard InChI is InChI=1S/C26H24N4O5/c1-4-35-24-22(25(32)30(29-24)19-12-11-15(2)16(3)13-19)28-27-21-10-6-9-20(23(21)31)17-7-5-8-18(14-17)26(33)34/h5-14,27,31H,4H2,1-3H3,(H,33,34)/b28-22-. The third-order valence-corrected chi connectivity index (χ3v) is 5.55. The minimum atomic E-state index is -1.07. The van der Waals surface area contributed by atoms with E-state index in [2.05, 4.69) is 15.6 Å². The number of nitrogens with one attached hydrogen (secondary N) is 1. The third-order valence-electron chi connectivity index (χ3n) is 5.55. The Morgan fingerprint density at radius 1 is 1.09 bits per heavy atom. The van der Waals surface area contributed by atoms with E-state index < -0.39 is 11.9 Å². The van der Waals surface area contributed by atoms with Gasteiger partial charge in [0, 0.05) is 5.56 Å². The lowest BCUT2D eigenvalue weighted by atomic mass is 10.0. The maximum Gasteiger partial charge on any atom is 0.335 e. The summed E-state index contributed by atoms with van der Waals surface area (Å²) < 4.78 is 5.54. The summed E-state index contributed by atoms with van der Waals surface area (Å²) in [6.07, 6.45) is 0. The molecule has 0 aliphatic carbocycles. The van der Waals surface area contributed by atoms with E-state index in [9.17, 15) is 19.8 Å². The van der Waals surface area contributed by atoms with Crippen molar-refractivity contribution in [1.82, 2.24) is 0 Å². The number of ether oxygens (including phenoxy) is 1. The van der Waals surface area contributed by atoms with Gasteiger partial charge in [0.25, 0.3) is 5.90 Å². The van der Waals surface area contributed by atoms with Gasteiger partial charge in [0.2, 0.25) is 5.71 Å². The number of para-hydroxylation sites is 1. The molecular formula is C26H24N4O5. The van der Waals surface area contributed by atoms with Crippen LogP contribution < -0.4 is 10.4 Å². The number of hydrogen-bond donors (Lipinski definition) is 3. The number of anilines is 2. The molecule has 4 rings (SSSR count). The molecule has 178 valence electrons. The second-order valence-electron chi connectivity index (χ2n) is 7.88. The van der Waals surface area contributed by atoms with E-state index in [1.807, 2.05) is 26.0 Å². The van der Waals surface area contributed by atoms with Crippen molar-refractivity contribution < 1.29 is 24.5 Å². The van der Waals surface area contributed by atoms with E-state index in [1.54, 1.807) is 43.3 Å². The zero-order valence-corrected chi connectivity index (χ0v) is 19.4. The fraction of sp³-hybridized carbons (Fsp3) is 0.154. The molecule has 0 saturated carbocycles. The zero-order valence-electron chi connectivity index (χ0n) is 19.4. The summed E-state index contributed by atoms with van der Waals surface area (Å²) >= 11 is 0. The number of aromatic hydroxyl groups is 1. The van der Waals surface area contributed by atoms with Crippen LogP contribution in [0.25, 0.3) is 11.1 Å². The number of carbonyl (C=O) groups excluding carboxylic acids is 1. The minimum absolute atomic E-state index is 0.0391. The lowest BCUT2D eigenvalue weighted by molar-refractivity contribution is -0.112. The summed E-state index contributed by atoms with van der Waals surface area (Å²) in [5.74, 6) is -1.63. The Balaban J connectivity index is 1.65. The van der Waals surface area contributed by atoms with Gasteiger partial charge < -0.3 is 14.9 Å². The number of carboxylic acid groups (broad SMARTS) is 1. The van der Waals surface area contributed by atoms with Gasteiger partial charge in [-0.3, -0.25) is 10.2 Å². The molecule has 3 aromatic carbocycles. The Kier molecular flexibility index (Phi) is 6.50. The topological polar surface area (TPSA) is 124 Å². The molecule has 1 amide bonds. The Morgan fingerprint density at radius 3 is 2.57 bits per heavy atom. The highest BCUT2D eigenvalue weighted by Gasteiger charge is 2.35. The summed E-state index contributed by atoms with van der Waals surface area (Å²) in [4.78, 5) is 24.4. The molecule has 9 nitrogen and oxygen atoms in total. The van der Waals surface area contributed by atoms with Crippen LogP contribution in [-0.2, 0) is 9.53 Å². The Morgan fingerprint density at radius 2 is 1.86 bits per heavy atom. The van der Waals surface area contributed by atoms with Crippen LogP contribution in [0.3, 0.4) is 0 Å². The predicted molar refractivity (Wildman–Crippen MR) is 134 cm³/mol. The largest absolute Gasteiger partial charge is 0.505 e. The molecular weight excluding hydrogens is 448 g/mol. The van der Waals surface area contributed by atoms with E-state index in [0.29, 0.717) is 16.8 Å². The molecule has 3 N–H and O–H groups in total. The smallest absolute Gasteiger partial charge is 0.335 e. The molecule has 0 aromatic heterocycles. The SMILES string of the molecule is CCOC1=NN(c2ccc(C)c(C)c2)C(=O)/C1=N\Nc1cccc(-c2cccc(C(=O)O)c2)c1O. The highest BCUT2D eigenvalue weighted by atomic mass is 16.5. The monoisotopic (exact) mass is 472 g/mol. The van der Waals surface area contributed by atoms with Gasteiger partial charge in [-0.1, -0.05) is 30.3 Å². The lowest BCUT2D eigenvalue weighted by Crippen LogP contribution is -2.29. The summed E-state index contributed by atoms with van der Waals surface area (Å²) in [7, 11) is 0. The summed E-state index contributed by atoms with van der Waals surface area (Å²) in [5.41, 5.74) is 6.64. The van der Waals surface area contributed by atoms with Gasteiger partial charge in [0.15, 0.2) is 0 Å². The quantitative estimate of drug-likeness (QED) is 0.357. The van der Waals surface area contributed by atoms with Crippen molar-refractivity contribution in [3.63, 3.8) is 0 Å². The first-order valence-electron chi connectivity index (χ1n) is 10.9. The molecule has 9 heteroatoms. The van der Waals surface area contributed by atoms with E-state index in [0.717, 1.165) is 11.1 Å². The maximum atomic E-state index is 13.1. The number of aryl methyl sites for hydroxylation is 2. The van der Waals surface area contributed by atoms with Crippen LogP contribution in [0.1, 0.15) is 28.4 Å². The van der Waals surface area contributed by atoms with Gasteiger partial charge >= 0.3 is 11.9 Å². The molecule has 0 atom stereocenters. The lowest BCUT2D eigenvalue weighted by Gasteiger charge is -2.13. The van der Waals surface area contributed by atoms with Crippen LogP contribution in [0.2, 0.25) is 0 Å². The van der Waals surface area contributed by atoms with Crippen molar-refractivity contribution in [2.75, 3.05) is 17.0 Å². The average Bonchev–Trinajstić information content (AvgIpc) is 3.15. The van der Waals surface area contributed by atoms with Crippen molar-refractivity contribution in [3.8, 4) is 16.9 Å². The molecule has 3 aromatic rings. The first kappa shape index (κ1) is 23.5. The first-order valence-corrected chi connectivity index (χ1v) is 10.9. The second kappa shape index (κ2) is 9.68. The minimum Gasteiger partial charge on any atom is -0.505 e. The van der Waals surface area contributed by atoms with Crippen molar-refractivity contribution in [3.05, 3.63) is 77.4 Å². The van der Waals surface area contributed by atoms with Gasteiger partial charge in [-0.15, -0.1) is 5.10 Å². The van der Waals surface area contributed by atoms with E-state index in [-0.39, 0.29) is 35.2 Å². The van der Waals surface area contributed by atoms with E-state index in [1.165, 1.54) is 17.1 Å². The molecule has 0 spiro atoms. The number of carbonyl (C=O) groups is 2. The van der Waals surface area contributed by atoms with Gasteiger partial charge in [0.05, 0.1) is 23.5 Å². The summed E-state index contributed by atoms with van der Waals surface area (Å²) in [5, 5.41) is 29.8. The number of hydrazone groups is 2. The maximum absolute atomic E-state index is 13.1. The molecule has 0 bridgehead atoms. The number of phenols is 1. The number of nitrogens with zero attached hydrogens (tertiary/aromatic N) is 3. The number of benzene rings is 3. The van der Waals surface area contributed by atoms with Crippen molar-refractivity contribution in [1.29, 1.82) is 0 Å². The fourth-order valence-corrected chi connectivity index (χ4v) is 3.54. The molecule has 0 radical (unpaired) electrons. The Bertz CT molecular complexity index is 1380. The normalized spacial score (nSPS) is 14.3.